The summed E-state index contributed by atoms with van der Waals surface area (Å²) in [5.41, 5.74) is 5.72. The van der Waals surface area contributed by atoms with Gasteiger partial charge in [-0.15, -0.1) is 0 Å². The summed E-state index contributed by atoms with van der Waals surface area (Å²) >= 11 is 3.22. The molecule has 1 amide bonds. The number of rotatable bonds is 2. The maximum Gasteiger partial charge on any atom is 0.416 e. The van der Waals surface area contributed by atoms with Crippen LogP contribution in [0.15, 0.2) is 46.9 Å². The number of benzene rings is 2. The first-order valence-electron chi connectivity index (χ1n) is 5.81. The Morgan fingerprint density at radius 2 is 1.71 bits per heavy atom. The van der Waals surface area contributed by atoms with E-state index in [1.807, 2.05) is 0 Å². The maximum atomic E-state index is 12.4. The lowest BCUT2D eigenvalue weighted by molar-refractivity contribution is -0.137. The quantitative estimate of drug-likeness (QED) is 0.786. The molecule has 7 heteroatoms. The first kappa shape index (κ1) is 15.4. The summed E-state index contributed by atoms with van der Waals surface area (Å²) in [7, 11) is 0. The van der Waals surface area contributed by atoms with Crippen molar-refractivity contribution in [1.82, 2.24) is 0 Å². The van der Waals surface area contributed by atoms with Crippen LogP contribution < -0.4 is 11.1 Å². The molecule has 0 unspecified atom stereocenters. The second-order valence-corrected chi connectivity index (χ2v) is 5.18. The normalized spacial score (nSPS) is 11.2. The van der Waals surface area contributed by atoms with Gasteiger partial charge in [0.1, 0.15) is 0 Å². The molecule has 2 rings (SSSR count). The summed E-state index contributed by atoms with van der Waals surface area (Å²) in [5, 5.41) is 2.50. The molecular weight excluding hydrogens is 349 g/mol. The lowest BCUT2D eigenvalue weighted by Gasteiger charge is -2.10. The molecule has 3 N–H and O–H groups in total. The van der Waals surface area contributed by atoms with Gasteiger partial charge in [-0.3, -0.25) is 4.79 Å². The fourth-order valence-electron chi connectivity index (χ4n) is 1.68. The number of nitrogens with two attached hydrogens (primary N) is 1. The second kappa shape index (κ2) is 5.77. The Bertz CT molecular complexity index is 669. The molecule has 0 bridgehead atoms. The Hall–Kier alpha value is -2.02. The van der Waals surface area contributed by atoms with Gasteiger partial charge >= 0.3 is 6.18 Å². The van der Waals surface area contributed by atoms with E-state index in [1.165, 1.54) is 18.2 Å². The lowest BCUT2D eigenvalue weighted by atomic mass is 10.1. The molecule has 2 aromatic rings. The van der Waals surface area contributed by atoms with Gasteiger partial charge in [0, 0.05) is 15.8 Å². The van der Waals surface area contributed by atoms with Gasteiger partial charge in [0.05, 0.1) is 11.1 Å². The van der Waals surface area contributed by atoms with Gasteiger partial charge in [-0.1, -0.05) is 15.9 Å². The van der Waals surface area contributed by atoms with Crippen LogP contribution in [0, 0.1) is 0 Å². The zero-order valence-electron chi connectivity index (χ0n) is 10.5. The molecule has 0 heterocycles. The zero-order chi connectivity index (χ0) is 15.6. The number of nitrogen functional groups attached to an aromatic ring is 1. The molecule has 0 radical (unpaired) electrons. The van der Waals surface area contributed by atoms with E-state index in [1.54, 1.807) is 12.1 Å². The summed E-state index contributed by atoms with van der Waals surface area (Å²) in [6.07, 6.45) is -4.40. The predicted molar refractivity (Wildman–Crippen MR) is 78.0 cm³/mol. The molecule has 0 spiro atoms. The van der Waals surface area contributed by atoms with Crippen molar-refractivity contribution in [3.63, 3.8) is 0 Å². The van der Waals surface area contributed by atoms with Crippen molar-refractivity contribution in [1.29, 1.82) is 0 Å². The summed E-state index contributed by atoms with van der Waals surface area (Å²) in [6, 6.07) is 8.94. The van der Waals surface area contributed by atoms with Crippen molar-refractivity contribution in [3.8, 4) is 0 Å². The molecule has 0 saturated heterocycles. The molecule has 0 aromatic heterocycles. The van der Waals surface area contributed by atoms with Crippen molar-refractivity contribution < 1.29 is 18.0 Å². The minimum atomic E-state index is -4.40. The van der Waals surface area contributed by atoms with Crippen molar-refractivity contribution in [2.45, 2.75) is 6.18 Å². The van der Waals surface area contributed by atoms with E-state index in [-0.39, 0.29) is 16.9 Å². The van der Waals surface area contributed by atoms with Crippen LogP contribution in [0.5, 0.6) is 0 Å². The summed E-state index contributed by atoms with van der Waals surface area (Å²) < 4.78 is 38.0. The van der Waals surface area contributed by atoms with E-state index < -0.39 is 17.6 Å². The molecule has 110 valence electrons. The first-order valence-corrected chi connectivity index (χ1v) is 6.60. The molecule has 0 aliphatic carbocycles. The zero-order valence-corrected chi connectivity index (χ0v) is 12.1. The number of carbonyl (C=O) groups excluding carboxylic acids is 1. The minimum absolute atomic E-state index is 0.248. The van der Waals surface area contributed by atoms with E-state index in [0.29, 0.717) is 0 Å². The Labute approximate surface area is 127 Å². The van der Waals surface area contributed by atoms with Crippen LogP contribution in [-0.4, -0.2) is 5.91 Å². The Kier molecular flexibility index (Phi) is 4.22. The van der Waals surface area contributed by atoms with Crippen molar-refractivity contribution in [2.24, 2.45) is 0 Å². The molecule has 2 aromatic carbocycles. The van der Waals surface area contributed by atoms with Crippen molar-refractivity contribution in [3.05, 3.63) is 58.1 Å². The molecule has 0 fully saturated rings. The van der Waals surface area contributed by atoms with E-state index in [4.69, 9.17) is 5.73 Å². The van der Waals surface area contributed by atoms with Gasteiger partial charge in [-0.2, -0.15) is 13.2 Å². The number of hydrogen-bond donors (Lipinski definition) is 2. The largest absolute Gasteiger partial charge is 0.416 e. The Morgan fingerprint density at radius 3 is 2.24 bits per heavy atom. The smallest absolute Gasteiger partial charge is 0.398 e. The van der Waals surface area contributed by atoms with Crippen LogP contribution in [0.1, 0.15) is 15.9 Å². The monoisotopic (exact) mass is 358 g/mol. The summed E-state index contributed by atoms with van der Waals surface area (Å²) in [6.45, 7) is 0. The predicted octanol–water partition coefficient (Wildman–Crippen LogP) is 4.30. The van der Waals surface area contributed by atoms with Crippen LogP contribution in [0.3, 0.4) is 0 Å². The molecule has 0 saturated carbocycles. The van der Waals surface area contributed by atoms with E-state index in [0.717, 1.165) is 16.6 Å². The van der Waals surface area contributed by atoms with Gasteiger partial charge in [-0.05, 0) is 42.5 Å². The molecule has 21 heavy (non-hydrogen) atoms. The second-order valence-electron chi connectivity index (χ2n) is 4.26. The average molecular weight is 359 g/mol. The average Bonchev–Trinajstić information content (AvgIpc) is 2.38. The van der Waals surface area contributed by atoms with Crippen LogP contribution in [0.25, 0.3) is 0 Å². The highest BCUT2D eigenvalue weighted by molar-refractivity contribution is 9.10. The Balaban J connectivity index is 2.16. The van der Waals surface area contributed by atoms with Crippen LogP contribution in [0.2, 0.25) is 0 Å². The third-order valence-corrected chi connectivity index (χ3v) is 3.22. The number of amides is 1. The van der Waals surface area contributed by atoms with Crippen LogP contribution >= 0.6 is 15.9 Å². The first-order chi connectivity index (χ1) is 9.77. The van der Waals surface area contributed by atoms with Gasteiger partial charge in [0.15, 0.2) is 0 Å². The SMILES string of the molecule is Nc1cc(Br)ccc1C(=O)Nc1ccc(C(F)(F)F)cc1. The van der Waals surface area contributed by atoms with Crippen LogP contribution in [0.4, 0.5) is 24.5 Å². The van der Waals surface area contributed by atoms with Gasteiger partial charge < -0.3 is 11.1 Å². The molecular formula is C14H10BrF3N2O. The molecule has 0 aliphatic heterocycles. The number of nitrogens with one attached hydrogen (secondary N) is 1. The number of alkyl halides is 3. The highest BCUT2D eigenvalue weighted by atomic mass is 79.9. The van der Waals surface area contributed by atoms with Gasteiger partial charge in [0.2, 0.25) is 0 Å². The highest BCUT2D eigenvalue weighted by Crippen LogP contribution is 2.30. The third kappa shape index (κ3) is 3.75. The van der Waals surface area contributed by atoms with E-state index in [2.05, 4.69) is 21.2 Å². The van der Waals surface area contributed by atoms with E-state index in [9.17, 15) is 18.0 Å². The van der Waals surface area contributed by atoms with Crippen molar-refractivity contribution >= 4 is 33.2 Å². The fourth-order valence-corrected chi connectivity index (χ4v) is 2.06. The minimum Gasteiger partial charge on any atom is -0.398 e. The van der Waals surface area contributed by atoms with Crippen molar-refractivity contribution in [2.75, 3.05) is 11.1 Å². The number of carbonyl (C=O) groups is 1. The highest BCUT2D eigenvalue weighted by Gasteiger charge is 2.30. The maximum absolute atomic E-state index is 12.4. The van der Waals surface area contributed by atoms with Crippen LogP contribution in [-0.2, 0) is 6.18 Å². The standard InChI is InChI=1S/C14H10BrF3N2O/c15-9-3-6-11(12(19)7-9)13(21)20-10-4-1-8(2-5-10)14(16,17)18/h1-7H,19H2,(H,20,21). The van der Waals surface area contributed by atoms with E-state index >= 15 is 0 Å². The lowest BCUT2D eigenvalue weighted by Crippen LogP contribution is -2.14. The number of hydrogen-bond acceptors (Lipinski definition) is 2. The molecule has 0 aliphatic rings. The number of anilines is 2. The topological polar surface area (TPSA) is 55.1 Å². The van der Waals surface area contributed by atoms with Gasteiger partial charge in [0.25, 0.3) is 5.91 Å². The van der Waals surface area contributed by atoms with Gasteiger partial charge in [-0.25, -0.2) is 0 Å². The third-order valence-electron chi connectivity index (χ3n) is 2.73. The molecule has 0 atom stereocenters. The summed E-state index contributed by atoms with van der Waals surface area (Å²) in [5.74, 6) is -0.486. The molecule has 3 nitrogen and oxygen atoms in total. The Morgan fingerprint density at radius 1 is 1.10 bits per heavy atom. The fraction of sp³-hybridized carbons (Fsp3) is 0.0714. The summed E-state index contributed by atoms with van der Waals surface area (Å²) in [4.78, 5) is 12.0. The number of halogens is 4.